The van der Waals surface area contributed by atoms with E-state index in [4.69, 9.17) is 9.31 Å². The molecular formula is C14H23BO3. The van der Waals surface area contributed by atoms with Gasteiger partial charge in [0.2, 0.25) is 0 Å². The number of benzene rings is 1. The summed E-state index contributed by atoms with van der Waals surface area (Å²) in [4.78, 5) is 0. The Labute approximate surface area is 110 Å². The van der Waals surface area contributed by atoms with Crippen molar-refractivity contribution in [2.45, 2.75) is 52.7 Å². The van der Waals surface area contributed by atoms with Crippen LogP contribution in [0.25, 0.3) is 0 Å². The van der Waals surface area contributed by atoms with Gasteiger partial charge in [0, 0.05) is 0 Å². The normalized spacial score (nSPS) is 20.2. The molecule has 0 saturated carbocycles. The molecule has 1 aliphatic heterocycles. The van der Waals surface area contributed by atoms with Crippen molar-refractivity contribution in [2.75, 3.05) is 0 Å². The van der Waals surface area contributed by atoms with Gasteiger partial charge in [-0.2, -0.15) is 0 Å². The SMILES string of the molecule is CC.CC1(C)OB(c2ccc(O)cc2)OC1(C)C. The van der Waals surface area contributed by atoms with Crippen LogP contribution in [0.3, 0.4) is 0 Å². The first kappa shape index (κ1) is 15.1. The molecule has 1 N–H and O–H groups in total. The monoisotopic (exact) mass is 250 g/mol. The fourth-order valence-corrected chi connectivity index (χ4v) is 1.61. The molecule has 0 aliphatic carbocycles. The maximum atomic E-state index is 9.22. The highest BCUT2D eigenvalue weighted by atomic mass is 16.7. The molecule has 1 heterocycles. The van der Waals surface area contributed by atoms with Crippen LogP contribution in [-0.2, 0) is 9.31 Å². The molecule has 18 heavy (non-hydrogen) atoms. The third-order valence-electron chi connectivity index (χ3n) is 3.42. The van der Waals surface area contributed by atoms with E-state index in [1.807, 2.05) is 53.7 Å². The van der Waals surface area contributed by atoms with Gasteiger partial charge in [-0.1, -0.05) is 26.0 Å². The number of aromatic hydroxyl groups is 1. The van der Waals surface area contributed by atoms with Crippen LogP contribution in [0, 0.1) is 0 Å². The predicted molar refractivity (Wildman–Crippen MR) is 75.2 cm³/mol. The summed E-state index contributed by atoms with van der Waals surface area (Å²) < 4.78 is 11.8. The largest absolute Gasteiger partial charge is 0.508 e. The topological polar surface area (TPSA) is 38.7 Å². The van der Waals surface area contributed by atoms with Gasteiger partial charge in [-0.3, -0.25) is 0 Å². The Bertz CT molecular complexity index is 369. The Morgan fingerprint density at radius 3 is 1.67 bits per heavy atom. The molecule has 0 bridgehead atoms. The Kier molecular flexibility index (Phi) is 4.46. The van der Waals surface area contributed by atoms with E-state index in [0.29, 0.717) is 0 Å². The molecule has 100 valence electrons. The highest BCUT2D eigenvalue weighted by Crippen LogP contribution is 2.36. The Balaban J connectivity index is 0.000000771. The van der Waals surface area contributed by atoms with Crippen molar-refractivity contribution in [1.29, 1.82) is 0 Å². The molecule has 3 nitrogen and oxygen atoms in total. The minimum atomic E-state index is -0.356. The summed E-state index contributed by atoms with van der Waals surface area (Å²) in [6.07, 6.45) is 0. The van der Waals surface area contributed by atoms with Gasteiger partial charge >= 0.3 is 7.12 Å². The zero-order valence-corrected chi connectivity index (χ0v) is 12.2. The number of phenols is 1. The molecule has 4 heteroatoms. The molecule has 0 atom stereocenters. The third kappa shape index (κ3) is 2.87. The number of phenolic OH excluding ortho intramolecular Hbond substituents is 1. The lowest BCUT2D eigenvalue weighted by Crippen LogP contribution is -2.41. The number of hydrogen-bond acceptors (Lipinski definition) is 3. The van der Waals surface area contributed by atoms with Crippen molar-refractivity contribution < 1.29 is 14.4 Å². The lowest BCUT2D eigenvalue weighted by molar-refractivity contribution is 0.00578. The second-order valence-corrected chi connectivity index (χ2v) is 5.18. The van der Waals surface area contributed by atoms with E-state index in [2.05, 4.69) is 0 Å². The van der Waals surface area contributed by atoms with Gasteiger partial charge < -0.3 is 14.4 Å². The molecular weight excluding hydrogens is 227 g/mol. The van der Waals surface area contributed by atoms with Crippen molar-refractivity contribution in [1.82, 2.24) is 0 Å². The Morgan fingerprint density at radius 2 is 1.28 bits per heavy atom. The molecule has 1 aliphatic rings. The molecule has 1 saturated heterocycles. The first-order chi connectivity index (χ1) is 8.32. The molecule has 0 aromatic heterocycles. The number of rotatable bonds is 1. The zero-order chi connectivity index (χ0) is 14.0. The summed E-state index contributed by atoms with van der Waals surface area (Å²) >= 11 is 0. The van der Waals surface area contributed by atoms with Crippen LogP contribution in [0.1, 0.15) is 41.5 Å². The van der Waals surface area contributed by atoms with Crippen LogP contribution in [0.15, 0.2) is 24.3 Å². The maximum absolute atomic E-state index is 9.22. The summed E-state index contributed by atoms with van der Waals surface area (Å²) in [6, 6.07) is 6.91. The predicted octanol–water partition coefficient (Wildman–Crippen LogP) is 2.72. The summed E-state index contributed by atoms with van der Waals surface area (Å²) in [7, 11) is -0.356. The second kappa shape index (κ2) is 5.33. The van der Waals surface area contributed by atoms with Crippen molar-refractivity contribution in [2.24, 2.45) is 0 Å². The van der Waals surface area contributed by atoms with Crippen LogP contribution >= 0.6 is 0 Å². The van der Waals surface area contributed by atoms with Crippen LogP contribution in [0.5, 0.6) is 5.75 Å². The van der Waals surface area contributed by atoms with Crippen LogP contribution < -0.4 is 5.46 Å². The van der Waals surface area contributed by atoms with Crippen LogP contribution in [0.4, 0.5) is 0 Å². The van der Waals surface area contributed by atoms with Gasteiger partial charge in [0.1, 0.15) is 5.75 Å². The smallest absolute Gasteiger partial charge is 0.494 e. The summed E-state index contributed by atoms with van der Waals surface area (Å²) in [6.45, 7) is 12.1. The van der Waals surface area contributed by atoms with E-state index in [-0.39, 0.29) is 24.1 Å². The van der Waals surface area contributed by atoms with Crippen molar-refractivity contribution in [3.63, 3.8) is 0 Å². The second-order valence-electron chi connectivity index (χ2n) is 5.18. The lowest BCUT2D eigenvalue weighted by atomic mass is 9.79. The van der Waals surface area contributed by atoms with Crippen LogP contribution in [0.2, 0.25) is 0 Å². The summed E-state index contributed by atoms with van der Waals surface area (Å²) in [5, 5.41) is 9.22. The van der Waals surface area contributed by atoms with Gasteiger partial charge in [0.05, 0.1) is 11.2 Å². The van der Waals surface area contributed by atoms with E-state index in [0.717, 1.165) is 5.46 Å². The van der Waals surface area contributed by atoms with E-state index in [1.165, 1.54) is 0 Å². The average Bonchev–Trinajstić information content (AvgIpc) is 2.52. The van der Waals surface area contributed by atoms with Gasteiger partial charge in [0.15, 0.2) is 0 Å². The van der Waals surface area contributed by atoms with Crippen molar-refractivity contribution in [3.8, 4) is 5.75 Å². The first-order valence-electron chi connectivity index (χ1n) is 6.46. The van der Waals surface area contributed by atoms with Gasteiger partial charge in [-0.15, -0.1) is 0 Å². The van der Waals surface area contributed by atoms with E-state index < -0.39 is 0 Å². The highest BCUT2D eigenvalue weighted by Gasteiger charge is 2.51. The molecule has 0 amide bonds. The maximum Gasteiger partial charge on any atom is 0.494 e. The molecule has 1 fully saturated rings. The van der Waals surface area contributed by atoms with Gasteiger partial charge in [-0.05, 0) is 45.3 Å². The molecule has 0 unspecified atom stereocenters. The molecule has 0 spiro atoms. The summed E-state index contributed by atoms with van der Waals surface area (Å²) in [5.74, 6) is 0.250. The van der Waals surface area contributed by atoms with E-state index in [1.54, 1.807) is 12.1 Å². The third-order valence-corrected chi connectivity index (χ3v) is 3.42. The van der Waals surface area contributed by atoms with Gasteiger partial charge in [0.25, 0.3) is 0 Å². The molecule has 0 radical (unpaired) electrons. The first-order valence-corrected chi connectivity index (χ1v) is 6.46. The average molecular weight is 250 g/mol. The molecule has 1 aromatic carbocycles. The fourth-order valence-electron chi connectivity index (χ4n) is 1.61. The standard InChI is InChI=1S/C12H17BO3.C2H6/c1-11(2)12(3,4)16-13(15-11)9-5-7-10(14)8-6-9;1-2/h5-8,14H,1-4H3;1-2H3. The lowest BCUT2D eigenvalue weighted by Gasteiger charge is -2.32. The fraction of sp³-hybridized carbons (Fsp3) is 0.571. The molecule has 2 rings (SSSR count). The zero-order valence-electron chi connectivity index (χ0n) is 12.2. The molecule has 1 aromatic rings. The van der Waals surface area contributed by atoms with Gasteiger partial charge in [-0.25, -0.2) is 0 Å². The minimum absolute atomic E-state index is 0.250. The van der Waals surface area contributed by atoms with Crippen LogP contribution in [-0.4, -0.2) is 23.4 Å². The van der Waals surface area contributed by atoms with Crippen molar-refractivity contribution >= 4 is 12.6 Å². The van der Waals surface area contributed by atoms with E-state index >= 15 is 0 Å². The minimum Gasteiger partial charge on any atom is -0.508 e. The Hall–Kier alpha value is -0.995. The van der Waals surface area contributed by atoms with Crippen molar-refractivity contribution in [3.05, 3.63) is 24.3 Å². The quantitative estimate of drug-likeness (QED) is 0.779. The Morgan fingerprint density at radius 1 is 0.889 bits per heavy atom. The number of hydrogen-bond donors (Lipinski definition) is 1. The highest BCUT2D eigenvalue weighted by molar-refractivity contribution is 6.62. The summed E-state index contributed by atoms with van der Waals surface area (Å²) in [5.41, 5.74) is 0.280. The van der Waals surface area contributed by atoms with E-state index in [9.17, 15) is 5.11 Å².